The van der Waals surface area contributed by atoms with Crippen LogP contribution in [0.15, 0.2) is 12.1 Å². The summed E-state index contributed by atoms with van der Waals surface area (Å²) >= 11 is 6.25. The Morgan fingerprint density at radius 1 is 1.43 bits per heavy atom. The highest BCUT2D eigenvalue weighted by molar-refractivity contribution is 6.32. The molecule has 0 radical (unpaired) electrons. The zero-order valence-corrected chi connectivity index (χ0v) is 13.2. The summed E-state index contributed by atoms with van der Waals surface area (Å²) in [6, 6.07) is 4.30. The maximum absolute atomic E-state index is 11.4. The Balaban J connectivity index is 2.13. The van der Waals surface area contributed by atoms with Gasteiger partial charge in [-0.15, -0.1) is 0 Å². The highest BCUT2D eigenvalue weighted by atomic mass is 35.5. The van der Waals surface area contributed by atoms with Crippen LogP contribution in [0.5, 0.6) is 11.5 Å². The number of esters is 1. The Morgan fingerprint density at radius 3 is 2.71 bits per heavy atom. The third-order valence-electron chi connectivity index (χ3n) is 3.29. The second-order valence-electron chi connectivity index (χ2n) is 5.05. The average molecular weight is 314 g/mol. The largest absolute Gasteiger partial charge is 0.493 e. The fourth-order valence-electron chi connectivity index (χ4n) is 1.93. The van der Waals surface area contributed by atoms with Crippen molar-refractivity contribution in [3.8, 4) is 11.5 Å². The molecule has 1 atom stereocenters. The molecule has 1 aromatic carbocycles. The molecule has 2 rings (SSSR count). The van der Waals surface area contributed by atoms with E-state index in [-0.39, 0.29) is 0 Å². The van der Waals surface area contributed by atoms with E-state index in [1.54, 1.807) is 14.0 Å². The van der Waals surface area contributed by atoms with Crippen LogP contribution >= 0.6 is 11.6 Å². The fourth-order valence-corrected chi connectivity index (χ4v) is 2.21. The lowest BCUT2D eigenvalue weighted by molar-refractivity contribution is -0.147. The van der Waals surface area contributed by atoms with E-state index in [4.69, 9.17) is 21.1 Å². The first kappa shape index (κ1) is 15.9. The minimum Gasteiger partial charge on any atom is -0.493 e. The molecule has 5 nitrogen and oxygen atoms in total. The summed E-state index contributed by atoms with van der Waals surface area (Å²) < 4.78 is 15.5. The van der Waals surface area contributed by atoms with Gasteiger partial charge in [0.1, 0.15) is 0 Å². The Kier molecular flexibility index (Phi) is 5.31. The minimum atomic E-state index is -0.753. The Hall–Kier alpha value is -1.46. The third-order valence-corrected chi connectivity index (χ3v) is 3.57. The topological polar surface area (TPSA) is 56.8 Å². The maximum Gasteiger partial charge on any atom is 0.346 e. The van der Waals surface area contributed by atoms with Crippen LogP contribution in [0.2, 0.25) is 5.02 Å². The summed E-state index contributed by atoms with van der Waals surface area (Å²) in [5.41, 5.74) is 1.02. The van der Waals surface area contributed by atoms with Gasteiger partial charge >= 0.3 is 5.97 Å². The first-order chi connectivity index (χ1) is 10.0. The van der Waals surface area contributed by atoms with Gasteiger partial charge in [0.05, 0.1) is 19.2 Å². The van der Waals surface area contributed by atoms with Gasteiger partial charge in [-0.05, 0) is 37.5 Å². The summed E-state index contributed by atoms with van der Waals surface area (Å²) in [4.78, 5) is 11.4. The van der Waals surface area contributed by atoms with E-state index in [9.17, 15) is 4.79 Å². The van der Waals surface area contributed by atoms with Gasteiger partial charge in [-0.25, -0.2) is 4.79 Å². The summed E-state index contributed by atoms with van der Waals surface area (Å²) in [6.07, 6.45) is 1.70. The molecule has 0 heterocycles. The van der Waals surface area contributed by atoms with Crippen LogP contribution < -0.4 is 14.8 Å². The van der Waals surface area contributed by atoms with Gasteiger partial charge in [-0.2, -0.15) is 0 Å². The number of methoxy groups -OCH3 is 2. The standard InChI is InChI=1S/C15H20ClNO4/c1-9(15(18)20-3)21-14-12(16)6-10(7-13(14)19-2)8-17-11-4-5-11/h6-7,9,11,17H,4-5,8H2,1-3H3. The molecule has 1 fully saturated rings. The normalized spacial score (nSPS) is 15.4. The van der Waals surface area contributed by atoms with Crippen LogP contribution in [0, 0.1) is 0 Å². The van der Waals surface area contributed by atoms with Crippen LogP contribution in [0.25, 0.3) is 0 Å². The number of hydrogen-bond acceptors (Lipinski definition) is 5. The molecule has 6 heteroatoms. The first-order valence-corrected chi connectivity index (χ1v) is 7.27. The van der Waals surface area contributed by atoms with Crippen LogP contribution in [0.4, 0.5) is 0 Å². The maximum atomic E-state index is 11.4. The van der Waals surface area contributed by atoms with Gasteiger partial charge in [0.25, 0.3) is 0 Å². The summed E-state index contributed by atoms with van der Waals surface area (Å²) in [5.74, 6) is 0.394. The van der Waals surface area contributed by atoms with Crippen LogP contribution in [0.3, 0.4) is 0 Å². The molecule has 1 aromatic rings. The number of ether oxygens (including phenoxy) is 3. The molecule has 1 unspecified atom stereocenters. The summed E-state index contributed by atoms with van der Waals surface area (Å²) in [6.45, 7) is 2.33. The molecule has 116 valence electrons. The average Bonchev–Trinajstić information content (AvgIpc) is 3.30. The van der Waals surface area contributed by atoms with Crippen molar-refractivity contribution in [2.24, 2.45) is 0 Å². The molecule has 21 heavy (non-hydrogen) atoms. The van der Waals surface area contributed by atoms with Crippen molar-refractivity contribution in [3.63, 3.8) is 0 Å². The molecule has 1 aliphatic rings. The van der Waals surface area contributed by atoms with Gasteiger partial charge < -0.3 is 19.5 Å². The van der Waals surface area contributed by atoms with Crippen molar-refractivity contribution in [2.75, 3.05) is 14.2 Å². The SMILES string of the molecule is COC(=O)C(C)Oc1c(Cl)cc(CNC2CC2)cc1OC. The van der Waals surface area contributed by atoms with Crippen LogP contribution in [0.1, 0.15) is 25.3 Å². The fraction of sp³-hybridized carbons (Fsp3) is 0.533. The lowest BCUT2D eigenvalue weighted by Crippen LogP contribution is -2.25. The zero-order chi connectivity index (χ0) is 15.4. The van der Waals surface area contributed by atoms with E-state index < -0.39 is 12.1 Å². The Bertz CT molecular complexity index is 517. The van der Waals surface area contributed by atoms with Gasteiger partial charge in [0, 0.05) is 12.6 Å². The molecule has 1 aliphatic carbocycles. The van der Waals surface area contributed by atoms with Gasteiger partial charge in [-0.3, -0.25) is 0 Å². The third kappa shape index (κ3) is 4.25. The minimum absolute atomic E-state index is 0.354. The van der Waals surface area contributed by atoms with Gasteiger partial charge in [-0.1, -0.05) is 11.6 Å². The van der Waals surface area contributed by atoms with Crippen molar-refractivity contribution in [2.45, 2.75) is 38.5 Å². The predicted octanol–water partition coefficient (Wildman–Crippen LogP) is 2.54. The quantitative estimate of drug-likeness (QED) is 0.784. The predicted molar refractivity (Wildman–Crippen MR) is 80.0 cm³/mol. The lowest BCUT2D eigenvalue weighted by Gasteiger charge is -2.17. The van der Waals surface area contributed by atoms with Gasteiger partial charge in [0.2, 0.25) is 0 Å². The smallest absolute Gasteiger partial charge is 0.346 e. The van der Waals surface area contributed by atoms with E-state index in [2.05, 4.69) is 10.1 Å². The molecule has 0 spiro atoms. The van der Waals surface area contributed by atoms with Crippen LogP contribution in [-0.2, 0) is 16.1 Å². The number of carbonyl (C=O) groups is 1. The molecule has 1 N–H and O–H groups in total. The van der Waals surface area contributed by atoms with E-state index in [0.717, 1.165) is 12.1 Å². The Morgan fingerprint density at radius 2 is 2.14 bits per heavy atom. The lowest BCUT2D eigenvalue weighted by atomic mass is 10.2. The number of benzene rings is 1. The van der Waals surface area contributed by atoms with Crippen molar-refractivity contribution in [1.29, 1.82) is 0 Å². The van der Waals surface area contributed by atoms with Crippen LogP contribution in [-0.4, -0.2) is 32.3 Å². The zero-order valence-electron chi connectivity index (χ0n) is 12.4. The number of hydrogen-bond donors (Lipinski definition) is 1. The molecule has 0 saturated heterocycles. The van der Waals surface area contributed by atoms with E-state index in [1.165, 1.54) is 20.0 Å². The molecular formula is C15H20ClNO4. The monoisotopic (exact) mass is 313 g/mol. The summed E-state index contributed by atoms with van der Waals surface area (Å²) in [7, 11) is 2.85. The number of carbonyl (C=O) groups excluding carboxylic acids is 1. The van der Waals surface area contributed by atoms with Gasteiger partial charge in [0.15, 0.2) is 17.6 Å². The molecule has 0 aliphatic heterocycles. The van der Waals surface area contributed by atoms with Crippen molar-refractivity contribution in [3.05, 3.63) is 22.7 Å². The second kappa shape index (κ2) is 7.00. The van der Waals surface area contributed by atoms with Crippen molar-refractivity contribution in [1.82, 2.24) is 5.32 Å². The molecule has 0 bridgehead atoms. The molecule has 1 saturated carbocycles. The van der Waals surface area contributed by atoms with Crippen molar-refractivity contribution >= 4 is 17.6 Å². The van der Waals surface area contributed by atoms with E-state index in [1.807, 2.05) is 12.1 Å². The first-order valence-electron chi connectivity index (χ1n) is 6.89. The van der Waals surface area contributed by atoms with E-state index in [0.29, 0.717) is 22.6 Å². The van der Waals surface area contributed by atoms with Crippen molar-refractivity contribution < 1.29 is 19.0 Å². The molecular weight excluding hydrogens is 294 g/mol. The molecule has 0 aromatic heterocycles. The molecule has 0 amide bonds. The Labute approximate surface area is 129 Å². The number of halogens is 1. The highest BCUT2D eigenvalue weighted by Crippen LogP contribution is 2.37. The second-order valence-corrected chi connectivity index (χ2v) is 5.45. The number of rotatable bonds is 7. The highest BCUT2D eigenvalue weighted by Gasteiger charge is 2.22. The number of nitrogens with one attached hydrogen (secondary N) is 1. The summed E-state index contributed by atoms with van der Waals surface area (Å²) in [5, 5.41) is 3.82. The van der Waals surface area contributed by atoms with E-state index >= 15 is 0 Å².